The zero-order valence-electron chi connectivity index (χ0n) is 17.8. The first-order valence-corrected chi connectivity index (χ1v) is 10.9. The highest BCUT2D eigenvalue weighted by Gasteiger charge is 2.49. The van der Waals surface area contributed by atoms with Crippen molar-refractivity contribution < 1.29 is 24.2 Å². The zero-order chi connectivity index (χ0) is 21.7. The molecule has 2 fully saturated rings. The van der Waals surface area contributed by atoms with Gasteiger partial charge in [-0.1, -0.05) is 36.8 Å². The molecule has 1 amide bonds. The Labute approximate surface area is 177 Å². The van der Waals surface area contributed by atoms with E-state index in [1.807, 2.05) is 30.3 Å². The Hall–Kier alpha value is -2.41. The van der Waals surface area contributed by atoms with Crippen molar-refractivity contribution in [1.29, 1.82) is 0 Å². The lowest BCUT2D eigenvalue weighted by Crippen LogP contribution is -2.55. The van der Waals surface area contributed by atoms with Crippen LogP contribution in [0.25, 0.3) is 0 Å². The largest absolute Gasteiger partial charge is 0.480 e. The van der Waals surface area contributed by atoms with E-state index in [1.54, 1.807) is 18.7 Å². The van der Waals surface area contributed by atoms with Gasteiger partial charge < -0.3 is 14.7 Å². The molecule has 2 N–H and O–H groups in total. The molecule has 5 atom stereocenters. The molecular weight excluding hydrogens is 384 g/mol. The number of carboxylic acids is 1. The number of hydrogen-bond donors (Lipinski definition) is 2. The van der Waals surface area contributed by atoms with E-state index in [1.165, 1.54) is 0 Å². The van der Waals surface area contributed by atoms with Crippen LogP contribution in [0.2, 0.25) is 0 Å². The normalized spacial score (nSPS) is 24.9. The van der Waals surface area contributed by atoms with Crippen molar-refractivity contribution in [3.63, 3.8) is 0 Å². The van der Waals surface area contributed by atoms with Crippen molar-refractivity contribution in [3.8, 4) is 0 Å². The van der Waals surface area contributed by atoms with Crippen LogP contribution in [-0.4, -0.2) is 58.6 Å². The second-order valence-electron chi connectivity index (χ2n) is 8.31. The zero-order valence-corrected chi connectivity index (χ0v) is 17.8. The number of carbonyl (C=O) groups is 3. The SMILES string of the molecule is CCOC(=O)[C@@H](CCc1ccccc1)N[C@H](C)C(=O)N1[C@@H](C(=O)O)C[C@H]2CCC[C@H]21. The van der Waals surface area contributed by atoms with Crippen molar-refractivity contribution in [1.82, 2.24) is 10.2 Å². The molecule has 1 aliphatic carbocycles. The topological polar surface area (TPSA) is 95.9 Å². The Morgan fingerprint density at radius 2 is 1.97 bits per heavy atom. The Bertz CT molecular complexity index is 753. The van der Waals surface area contributed by atoms with Crippen LogP contribution >= 0.6 is 0 Å². The number of aryl methyl sites for hydroxylation is 1. The van der Waals surface area contributed by atoms with Crippen LogP contribution < -0.4 is 5.32 Å². The van der Waals surface area contributed by atoms with Gasteiger partial charge in [0.15, 0.2) is 0 Å². The number of likely N-dealkylation sites (tertiary alicyclic amines) is 1. The first-order valence-electron chi connectivity index (χ1n) is 10.9. The predicted octanol–water partition coefficient (Wildman–Crippen LogP) is 2.38. The number of hydrogen-bond acceptors (Lipinski definition) is 5. The maximum absolute atomic E-state index is 13.2. The summed E-state index contributed by atoms with van der Waals surface area (Å²) in [4.78, 5) is 39.1. The third-order valence-corrected chi connectivity index (χ3v) is 6.33. The fraction of sp³-hybridized carbons (Fsp3) is 0.609. The summed E-state index contributed by atoms with van der Waals surface area (Å²) in [5, 5.41) is 12.8. The average molecular weight is 417 g/mol. The maximum Gasteiger partial charge on any atom is 0.326 e. The highest BCUT2D eigenvalue weighted by atomic mass is 16.5. The Kier molecular flexibility index (Phi) is 7.48. The maximum atomic E-state index is 13.2. The number of fused-ring (bicyclic) bond motifs is 1. The molecule has 1 aliphatic heterocycles. The summed E-state index contributed by atoms with van der Waals surface area (Å²) in [5.74, 6) is -1.31. The lowest BCUT2D eigenvalue weighted by atomic mass is 10.0. The lowest BCUT2D eigenvalue weighted by molar-refractivity contribution is -0.151. The molecular formula is C23H32N2O5. The molecule has 7 nitrogen and oxygen atoms in total. The van der Waals surface area contributed by atoms with Crippen LogP contribution in [0.5, 0.6) is 0 Å². The van der Waals surface area contributed by atoms with Gasteiger partial charge in [0.25, 0.3) is 0 Å². The Balaban J connectivity index is 1.68. The minimum absolute atomic E-state index is 0.00629. The third kappa shape index (κ3) is 5.01. The molecule has 0 unspecified atom stereocenters. The molecule has 0 aromatic heterocycles. The molecule has 1 aromatic carbocycles. The monoisotopic (exact) mass is 416 g/mol. The summed E-state index contributed by atoms with van der Waals surface area (Å²) in [6.45, 7) is 3.72. The summed E-state index contributed by atoms with van der Waals surface area (Å²) < 4.78 is 5.21. The molecule has 7 heteroatoms. The van der Waals surface area contributed by atoms with E-state index >= 15 is 0 Å². The van der Waals surface area contributed by atoms with E-state index in [-0.39, 0.29) is 30.4 Å². The van der Waals surface area contributed by atoms with Crippen molar-refractivity contribution in [2.75, 3.05) is 6.61 Å². The van der Waals surface area contributed by atoms with Crippen LogP contribution in [-0.2, 0) is 25.5 Å². The van der Waals surface area contributed by atoms with Gasteiger partial charge in [0.05, 0.1) is 12.6 Å². The molecule has 3 rings (SSSR count). The van der Waals surface area contributed by atoms with Crippen LogP contribution in [0.4, 0.5) is 0 Å². The summed E-state index contributed by atoms with van der Waals surface area (Å²) in [6, 6.07) is 7.76. The van der Waals surface area contributed by atoms with E-state index in [2.05, 4.69) is 5.32 Å². The van der Waals surface area contributed by atoms with Crippen molar-refractivity contribution >= 4 is 17.8 Å². The number of benzene rings is 1. The van der Waals surface area contributed by atoms with Crippen molar-refractivity contribution in [2.45, 2.75) is 76.5 Å². The Morgan fingerprint density at radius 1 is 1.23 bits per heavy atom. The lowest BCUT2D eigenvalue weighted by Gasteiger charge is -2.31. The minimum Gasteiger partial charge on any atom is -0.480 e. The number of amides is 1. The molecule has 164 valence electrons. The van der Waals surface area contributed by atoms with Gasteiger partial charge in [-0.05, 0) is 57.4 Å². The number of nitrogens with one attached hydrogen (secondary N) is 1. The van der Waals surface area contributed by atoms with Crippen LogP contribution in [0.15, 0.2) is 30.3 Å². The standard InChI is InChI=1S/C23H32N2O5/c1-3-30-23(29)18(13-12-16-8-5-4-6-9-16)24-15(2)21(26)25-19-11-7-10-17(19)14-20(25)22(27)28/h4-6,8-9,15,17-20,24H,3,7,10-14H2,1-2H3,(H,27,28)/t15-,17-,18-,19-,20-/m1/s1. The molecule has 30 heavy (non-hydrogen) atoms. The number of ether oxygens (including phenoxy) is 1. The van der Waals surface area contributed by atoms with Crippen molar-refractivity contribution in [2.24, 2.45) is 5.92 Å². The van der Waals surface area contributed by atoms with Gasteiger partial charge in [0.2, 0.25) is 5.91 Å². The molecule has 1 saturated carbocycles. The van der Waals surface area contributed by atoms with E-state index < -0.39 is 24.1 Å². The average Bonchev–Trinajstić information content (AvgIpc) is 3.32. The quantitative estimate of drug-likeness (QED) is 0.600. The van der Waals surface area contributed by atoms with Gasteiger partial charge >= 0.3 is 11.9 Å². The van der Waals surface area contributed by atoms with Gasteiger partial charge in [-0.15, -0.1) is 0 Å². The second kappa shape index (κ2) is 10.1. The van der Waals surface area contributed by atoms with E-state index in [0.29, 0.717) is 19.3 Å². The van der Waals surface area contributed by atoms with Crippen LogP contribution in [0.1, 0.15) is 51.5 Å². The predicted molar refractivity (Wildman–Crippen MR) is 112 cm³/mol. The summed E-state index contributed by atoms with van der Waals surface area (Å²) >= 11 is 0. The molecule has 2 aliphatic rings. The van der Waals surface area contributed by atoms with E-state index in [0.717, 1.165) is 24.8 Å². The van der Waals surface area contributed by atoms with Crippen LogP contribution in [0, 0.1) is 5.92 Å². The third-order valence-electron chi connectivity index (χ3n) is 6.33. The van der Waals surface area contributed by atoms with Gasteiger partial charge in [-0.2, -0.15) is 0 Å². The molecule has 1 saturated heterocycles. The fourth-order valence-electron chi connectivity index (χ4n) is 4.89. The van der Waals surface area contributed by atoms with Gasteiger partial charge in [-0.3, -0.25) is 14.9 Å². The number of esters is 1. The van der Waals surface area contributed by atoms with Crippen LogP contribution in [0.3, 0.4) is 0 Å². The second-order valence-corrected chi connectivity index (χ2v) is 8.31. The van der Waals surface area contributed by atoms with E-state index in [9.17, 15) is 19.5 Å². The number of carbonyl (C=O) groups excluding carboxylic acids is 2. The smallest absolute Gasteiger partial charge is 0.326 e. The van der Waals surface area contributed by atoms with Gasteiger partial charge in [0.1, 0.15) is 12.1 Å². The molecule has 0 bridgehead atoms. The molecule has 0 radical (unpaired) electrons. The first kappa shape index (κ1) is 22.3. The number of aliphatic carboxylic acids is 1. The first-order chi connectivity index (χ1) is 14.4. The Morgan fingerprint density at radius 3 is 2.63 bits per heavy atom. The molecule has 1 heterocycles. The van der Waals surface area contributed by atoms with E-state index in [4.69, 9.17) is 4.74 Å². The summed E-state index contributed by atoms with van der Waals surface area (Å²) in [7, 11) is 0. The fourth-order valence-corrected chi connectivity index (χ4v) is 4.89. The van der Waals surface area contributed by atoms with Gasteiger partial charge in [0, 0.05) is 6.04 Å². The van der Waals surface area contributed by atoms with Gasteiger partial charge in [-0.25, -0.2) is 4.79 Å². The summed E-state index contributed by atoms with van der Waals surface area (Å²) in [6.07, 6.45) is 4.54. The molecule has 1 aromatic rings. The van der Waals surface area contributed by atoms with Crippen molar-refractivity contribution in [3.05, 3.63) is 35.9 Å². The number of carboxylic acid groups (broad SMARTS) is 1. The summed E-state index contributed by atoms with van der Waals surface area (Å²) in [5.41, 5.74) is 1.10. The minimum atomic E-state index is -0.948. The molecule has 0 spiro atoms. The highest BCUT2D eigenvalue weighted by molar-refractivity contribution is 5.88. The highest BCUT2D eigenvalue weighted by Crippen LogP contribution is 2.41. The number of rotatable bonds is 9. The number of nitrogens with zero attached hydrogens (tertiary/aromatic N) is 1.